The average Bonchev–Trinajstić information content (AvgIpc) is 2.94. The number of aliphatic hydroxyl groups excluding tert-OH is 1. The maximum Gasteiger partial charge on any atom is 0.126 e. The minimum absolute atomic E-state index is 0.192. The van der Waals surface area contributed by atoms with Gasteiger partial charge in [-0.3, -0.25) is 0 Å². The second kappa shape index (κ2) is 5.20. The van der Waals surface area contributed by atoms with E-state index in [0.717, 1.165) is 6.42 Å². The Labute approximate surface area is 144 Å². The molecule has 2 heterocycles. The van der Waals surface area contributed by atoms with Crippen LogP contribution >= 0.6 is 0 Å². The summed E-state index contributed by atoms with van der Waals surface area (Å²) in [5.74, 6) is 1.90. The first kappa shape index (κ1) is 15.2. The Balaban J connectivity index is 1.67. The SMILES string of the molecule is Cc1ccc2c3c1O[C@@H]1C(NCCO)CC[C@@H]4[C@H](C2)N(C)CC[C@@]314. The van der Waals surface area contributed by atoms with Crippen molar-refractivity contribution in [2.24, 2.45) is 5.92 Å². The molecule has 1 unspecified atom stereocenters. The minimum atomic E-state index is 0.192. The summed E-state index contributed by atoms with van der Waals surface area (Å²) >= 11 is 0. The fraction of sp³-hybridized carbons (Fsp3) is 0.700. The molecule has 0 aromatic heterocycles. The van der Waals surface area contributed by atoms with E-state index in [9.17, 15) is 5.11 Å². The lowest BCUT2D eigenvalue weighted by Crippen LogP contribution is -2.68. The average molecular weight is 328 g/mol. The quantitative estimate of drug-likeness (QED) is 0.885. The highest BCUT2D eigenvalue weighted by Crippen LogP contribution is 2.62. The molecule has 0 radical (unpaired) electrons. The number of nitrogens with one attached hydrogen (secondary N) is 1. The summed E-state index contributed by atoms with van der Waals surface area (Å²) in [7, 11) is 2.30. The van der Waals surface area contributed by atoms with Gasteiger partial charge in [0.05, 0.1) is 6.61 Å². The van der Waals surface area contributed by atoms with Crippen molar-refractivity contribution in [1.29, 1.82) is 0 Å². The molecule has 1 saturated heterocycles. The summed E-state index contributed by atoms with van der Waals surface area (Å²) in [6, 6.07) is 5.61. The minimum Gasteiger partial charge on any atom is -0.487 e. The molecule has 2 aliphatic heterocycles. The second-order valence-electron chi connectivity index (χ2n) is 8.29. The van der Waals surface area contributed by atoms with E-state index in [2.05, 4.69) is 36.3 Å². The van der Waals surface area contributed by atoms with Crippen molar-refractivity contribution in [3.8, 4) is 5.75 Å². The van der Waals surface area contributed by atoms with Crippen LogP contribution in [-0.4, -0.2) is 54.9 Å². The largest absolute Gasteiger partial charge is 0.487 e. The third kappa shape index (κ3) is 1.74. The Morgan fingerprint density at radius 3 is 3.08 bits per heavy atom. The number of aliphatic hydroxyl groups is 1. The van der Waals surface area contributed by atoms with Gasteiger partial charge in [-0.2, -0.15) is 0 Å². The topological polar surface area (TPSA) is 44.7 Å². The summed E-state index contributed by atoms with van der Waals surface area (Å²) in [5.41, 5.74) is 4.55. The van der Waals surface area contributed by atoms with Crippen molar-refractivity contribution in [3.63, 3.8) is 0 Å². The van der Waals surface area contributed by atoms with Crippen LogP contribution in [0.1, 0.15) is 36.0 Å². The molecule has 1 spiro atoms. The van der Waals surface area contributed by atoms with Crippen LogP contribution in [0.4, 0.5) is 0 Å². The normalized spacial score (nSPS) is 39.5. The summed E-state index contributed by atoms with van der Waals surface area (Å²) in [5, 5.41) is 12.8. The Bertz CT molecular complexity index is 676. The monoisotopic (exact) mass is 328 g/mol. The summed E-state index contributed by atoms with van der Waals surface area (Å²) < 4.78 is 6.69. The molecule has 2 aliphatic carbocycles. The van der Waals surface area contributed by atoms with Crippen molar-refractivity contribution in [1.82, 2.24) is 10.2 Å². The van der Waals surface area contributed by atoms with Gasteiger partial charge in [0.15, 0.2) is 0 Å². The molecule has 2 bridgehead atoms. The first-order chi connectivity index (χ1) is 11.7. The van der Waals surface area contributed by atoms with Crippen molar-refractivity contribution < 1.29 is 9.84 Å². The number of likely N-dealkylation sites (tertiary alicyclic amines) is 1. The van der Waals surface area contributed by atoms with Crippen molar-refractivity contribution in [2.45, 2.75) is 56.2 Å². The molecule has 2 N–H and O–H groups in total. The highest BCUT2D eigenvalue weighted by atomic mass is 16.5. The molecule has 4 heteroatoms. The van der Waals surface area contributed by atoms with E-state index in [1.165, 1.54) is 42.7 Å². The predicted octanol–water partition coefficient (Wildman–Crippen LogP) is 1.61. The van der Waals surface area contributed by atoms with Gasteiger partial charge in [0, 0.05) is 29.6 Å². The fourth-order valence-electron chi connectivity index (χ4n) is 6.35. The smallest absolute Gasteiger partial charge is 0.126 e. The number of hydrogen-bond acceptors (Lipinski definition) is 4. The van der Waals surface area contributed by atoms with Crippen LogP contribution in [0.5, 0.6) is 5.75 Å². The predicted molar refractivity (Wildman–Crippen MR) is 93.6 cm³/mol. The van der Waals surface area contributed by atoms with E-state index in [-0.39, 0.29) is 18.1 Å². The lowest BCUT2D eigenvalue weighted by molar-refractivity contribution is -0.0574. The van der Waals surface area contributed by atoms with Gasteiger partial charge >= 0.3 is 0 Å². The third-order valence-electron chi connectivity index (χ3n) is 7.33. The lowest BCUT2D eigenvalue weighted by atomic mass is 9.51. The molecule has 4 aliphatic rings. The number of aryl methyl sites for hydroxylation is 1. The fourth-order valence-corrected chi connectivity index (χ4v) is 6.35. The molecule has 5 atom stereocenters. The highest BCUT2D eigenvalue weighted by Gasteiger charge is 2.64. The first-order valence-electron chi connectivity index (χ1n) is 9.51. The van der Waals surface area contributed by atoms with Crippen LogP contribution in [0.15, 0.2) is 12.1 Å². The van der Waals surface area contributed by atoms with E-state index in [1.54, 1.807) is 5.56 Å². The van der Waals surface area contributed by atoms with E-state index >= 15 is 0 Å². The van der Waals surface area contributed by atoms with Gasteiger partial charge in [-0.05, 0) is 63.2 Å². The maximum absolute atomic E-state index is 9.26. The standard InChI is InChI=1S/C20H28N2O2/c1-12-3-4-13-11-16-14-5-6-15(21-8-10-23)19-20(14,7-9-22(16)2)17(13)18(12)24-19/h3-4,14-16,19,21,23H,5-11H2,1-2H3/t14-,15?,16+,19-,20-/m1/s1. The molecule has 130 valence electrons. The van der Waals surface area contributed by atoms with Gasteiger partial charge in [-0.1, -0.05) is 12.1 Å². The number of nitrogens with zero attached hydrogens (tertiary/aromatic N) is 1. The Morgan fingerprint density at radius 2 is 2.25 bits per heavy atom. The summed E-state index contributed by atoms with van der Waals surface area (Å²) in [6.45, 7) is 4.22. The molecule has 1 aromatic carbocycles. The van der Waals surface area contributed by atoms with Crippen LogP contribution in [0.25, 0.3) is 0 Å². The van der Waals surface area contributed by atoms with Crippen molar-refractivity contribution in [3.05, 3.63) is 28.8 Å². The van der Waals surface area contributed by atoms with Crippen LogP contribution in [-0.2, 0) is 11.8 Å². The first-order valence-corrected chi connectivity index (χ1v) is 9.51. The van der Waals surface area contributed by atoms with Crippen LogP contribution in [0.2, 0.25) is 0 Å². The van der Waals surface area contributed by atoms with E-state index < -0.39 is 0 Å². The number of rotatable bonds is 3. The van der Waals surface area contributed by atoms with E-state index in [0.29, 0.717) is 24.5 Å². The number of hydrogen-bond donors (Lipinski definition) is 2. The molecule has 5 rings (SSSR count). The zero-order valence-electron chi connectivity index (χ0n) is 14.7. The Kier molecular flexibility index (Phi) is 3.29. The van der Waals surface area contributed by atoms with Gasteiger partial charge in [-0.25, -0.2) is 0 Å². The highest BCUT2D eigenvalue weighted by molar-refractivity contribution is 5.58. The molecule has 0 amide bonds. The third-order valence-corrected chi connectivity index (χ3v) is 7.33. The molecule has 24 heavy (non-hydrogen) atoms. The zero-order valence-corrected chi connectivity index (χ0v) is 14.7. The van der Waals surface area contributed by atoms with Gasteiger partial charge in [0.1, 0.15) is 11.9 Å². The molecular formula is C20H28N2O2. The maximum atomic E-state index is 9.26. The summed E-state index contributed by atoms with van der Waals surface area (Å²) in [4.78, 5) is 2.59. The Morgan fingerprint density at radius 1 is 1.38 bits per heavy atom. The number of ether oxygens (including phenoxy) is 1. The van der Waals surface area contributed by atoms with Crippen LogP contribution in [0.3, 0.4) is 0 Å². The van der Waals surface area contributed by atoms with Crippen molar-refractivity contribution in [2.75, 3.05) is 26.7 Å². The van der Waals surface area contributed by atoms with Gasteiger partial charge in [0.25, 0.3) is 0 Å². The van der Waals surface area contributed by atoms with Gasteiger partial charge < -0.3 is 20.1 Å². The number of piperidine rings is 1. The van der Waals surface area contributed by atoms with E-state index in [1.807, 2.05) is 0 Å². The number of likely N-dealkylation sites (N-methyl/N-ethyl adjacent to an activating group) is 1. The van der Waals surface area contributed by atoms with Gasteiger partial charge in [-0.15, -0.1) is 0 Å². The number of benzene rings is 1. The Hall–Kier alpha value is -1.10. The van der Waals surface area contributed by atoms with Gasteiger partial charge in [0.2, 0.25) is 0 Å². The van der Waals surface area contributed by atoms with Crippen LogP contribution in [0, 0.1) is 12.8 Å². The molecular weight excluding hydrogens is 300 g/mol. The van der Waals surface area contributed by atoms with E-state index in [4.69, 9.17) is 4.74 Å². The van der Waals surface area contributed by atoms with Crippen LogP contribution < -0.4 is 10.1 Å². The molecule has 1 saturated carbocycles. The molecule has 2 fully saturated rings. The van der Waals surface area contributed by atoms with Crippen molar-refractivity contribution >= 4 is 0 Å². The summed E-state index contributed by atoms with van der Waals surface area (Å²) in [6.07, 6.45) is 5.04. The molecule has 1 aromatic rings. The molecule has 4 nitrogen and oxygen atoms in total. The zero-order chi connectivity index (χ0) is 16.5. The lowest BCUT2D eigenvalue weighted by Gasteiger charge is -2.59. The second-order valence-corrected chi connectivity index (χ2v) is 8.29.